The van der Waals surface area contributed by atoms with Crippen molar-refractivity contribution in [2.45, 2.75) is 6.61 Å². The molecule has 0 atom stereocenters. The van der Waals surface area contributed by atoms with Crippen LogP contribution in [0.2, 0.25) is 0 Å². The topological polar surface area (TPSA) is 57.7 Å². The highest BCUT2D eigenvalue weighted by Crippen LogP contribution is 2.30. The number of fused-ring (bicyclic) bond motifs is 1. The summed E-state index contributed by atoms with van der Waals surface area (Å²) >= 11 is 0. The second-order valence-electron chi connectivity index (χ2n) is 5.53. The van der Waals surface area contributed by atoms with Crippen LogP contribution < -0.4 is 9.47 Å². The van der Waals surface area contributed by atoms with Crippen molar-refractivity contribution >= 4 is 22.9 Å². The van der Waals surface area contributed by atoms with E-state index >= 15 is 0 Å². The number of pyridine rings is 1. The van der Waals surface area contributed by atoms with Gasteiger partial charge in [0, 0.05) is 17.5 Å². The first-order valence-corrected chi connectivity index (χ1v) is 8.12. The number of esters is 1. The van der Waals surface area contributed by atoms with Gasteiger partial charge in [0.25, 0.3) is 0 Å². The Hall–Kier alpha value is -3.34. The van der Waals surface area contributed by atoms with Crippen LogP contribution in [-0.4, -0.2) is 25.2 Å². The number of aromatic nitrogens is 1. The Morgan fingerprint density at radius 1 is 1.04 bits per heavy atom. The second-order valence-corrected chi connectivity index (χ2v) is 5.53. The lowest BCUT2D eigenvalue weighted by Gasteiger charge is -2.11. The summed E-state index contributed by atoms with van der Waals surface area (Å²) < 4.78 is 15.9. The maximum Gasteiger partial charge on any atom is 0.330 e. The first-order chi connectivity index (χ1) is 12.7. The molecule has 0 unspecified atom stereocenters. The van der Waals surface area contributed by atoms with Crippen molar-refractivity contribution in [3.8, 4) is 11.6 Å². The van der Waals surface area contributed by atoms with Crippen LogP contribution in [0.25, 0.3) is 17.0 Å². The van der Waals surface area contributed by atoms with Gasteiger partial charge in [-0.25, -0.2) is 9.78 Å². The van der Waals surface area contributed by atoms with Crippen LogP contribution in [0.1, 0.15) is 11.1 Å². The van der Waals surface area contributed by atoms with E-state index < -0.39 is 5.97 Å². The van der Waals surface area contributed by atoms with Gasteiger partial charge in [-0.3, -0.25) is 0 Å². The molecule has 3 aromatic rings. The number of methoxy groups -OCH3 is 2. The molecule has 0 aliphatic rings. The van der Waals surface area contributed by atoms with E-state index in [1.54, 1.807) is 19.3 Å². The number of ether oxygens (including phenoxy) is 3. The van der Waals surface area contributed by atoms with E-state index in [1.165, 1.54) is 13.2 Å². The molecule has 5 nitrogen and oxygen atoms in total. The normalized spacial score (nSPS) is 10.8. The minimum atomic E-state index is -0.413. The summed E-state index contributed by atoms with van der Waals surface area (Å²) in [4.78, 5) is 15.9. The Kier molecular flexibility index (Phi) is 5.49. The van der Waals surface area contributed by atoms with Gasteiger partial charge in [0.05, 0.1) is 14.2 Å². The average Bonchev–Trinajstić information content (AvgIpc) is 2.71. The highest BCUT2D eigenvalue weighted by Gasteiger charge is 2.10. The SMILES string of the molecule is COC(=O)/C=C/c1ccc(OCc2ccccc2)c2nc(OC)ccc12. The largest absolute Gasteiger partial charge is 0.487 e. The molecular formula is C21H19NO4. The van der Waals surface area contributed by atoms with Crippen molar-refractivity contribution in [3.05, 3.63) is 71.8 Å². The van der Waals surface area contributed by atoms with Gasteiger partial charge in [0.15, 0.2) is 0 Å². The molecular weight excluding hydrogens is 330 g/mol. The molecule has 1 aromatic heterocycles. The summed E-state index contributed by atoms with van der Waals surface area (Å²) in [6.45, 7) is 0.437. The van der Waals surface area contributed by atoms with Crippen LogP contribution in [0.15, 0.2) is 60.7 Å². The minimum Gasteiger partial charge on any atom is -0.487 e. The van der Waals surface area contributed by atoms with Gasteiger partial charge in [-0.05, 0) is 29.3 Å². The van der Waals surface area contributed by atoms with Gasteiger partial charge in [0.1, 0.15) is 17.9 Å². The fourth-order valence-electron chi connectivity index (χ4n) is 2.53. The summed E-state index contributed by atoms with van der Waals surface area (Å²) in [5, 5.41) is 0.858. The number of carbonyl (C=O) groups excluding carboxylic acids is 1. The molecule has 0 radical (unpaired) electrons. The van der Waals surface area contributed by atoms with Crippen LogP contribution >= 0.6 is 0 Å². The lowest BCUT2D eigenvalue weighted by atomic mass is 10.1. The minimum absolute atomic E-state index is 0.413. The summed E-state index contributed by atoms with van der Waals surface area (Å²) in [5.74, 6) is 0.734. The zero-order valence-corrected chi connectivity index (χ0v) is 14.6. The van der Waals surface area contributed by atoms with E-state index in [4.69, 9.17) is 9.47 Å². The zero-order chi connectivity index (χ0) is 18.4. The summed E-state index contributed by atoms with van der Waals surface area (Å²) in [6.07, 6.45) is 3.08. The van der Waals surface area contributed by atoms with Gasteiger partial charge in [0.2, 0.25) is 5.88 Å². The van der Waals surface area contributed by atoms with Crippen LogP contribution in [0, 0.1) is 0 Å². The quantitative estimate of drug-likeness (QED) is 0.497. The molecule has 0 saturated heterocycles. The summed E-state index contributed by atoms with van der Waals surface area (Å²) in [7, 11) is 2.91. The van der Waals surface area contributed by atoms with E-state index in [9.17, 15) is 4.79 Å². The predicted octanol–water partition coefficient (Wildman–Crippen LogP) is 4.01. The van der Waals surface area contributed by atoms with Crippen molar-refractivity contribution < 1.29 is 19.0 Å². The predicted molar refractivity (Wildman–Crippen MR) is 100 cm³/mol. The van der Waals surface area contributed by atoms with Crippen LogP contribution in [0.3, 0.4) is 0 Å². The third-order valence-corrected chi connectivity index (χ3v) is 3.87. The Morgan fingerprint density at radius 3 is 2.58 bits per heavy atom. The number of benzene rings is 2. The molecule has 2 aromatic carbocycles. The molecule has 0 aliphatic carbocycles. The molecule has 0 saturated carbocycles. The fraction of sp³-hybridized carbons (Fsp3) is 0.143. The summed E-state index contributed by atoms with van der Waals surface area (Å²) in [5.41, 5.74) is 2.58. The Labute approximate surface area is 151 Å². The molecule has 26 heavy (non-hydrogen) atoms. The molecule has 132 valence electrons. The van der Waals surface area contributed by atoms with Gasteiger partial charge < -0.3 is 14.2 Å². The summed E-state index contributed by atoms with van der Waals surface area (Å²) in [6, 6.07) is 17.3. The lowest BCUT2D eigenvalue weighted by molar-refractivity contribution is -0.134. The monoisotopic (exact) mass is 349 g/mol. The van der Waals surface area contributed by atoms with E-state index in [0.29, 0.717) is 23.8 Å². The number of hydrogen-bond donors (Lipinski definition) is 0. The Morgan fingerprint density at radius 2 is 1.85 bits per heavy atom. The number of hydrogen-bond acceptors (Lipinski definition) is 5. The van der Waals surface area contributed by atoms with Crippen LogP contribution in [-0.2, 0) is 16.1 Å². The van der Waals surface area contributed by atoms with E-state index in [1.807, 2.05) is 48.5 Å². The number of carbonyl (C=O) groups is 1. The van der Waals surface area contributed by atoms with Gasteiger partial charge in [-0.2, -0.15) is 0 Å². The highest BCUT2D eigenvalue weighted by atomic mass is 16.5. The molecule has 3 rings (SSSR count). The molecule has 5 heteroatoms. The lowest BCUT2D eigenvalue weighted by Crippen LogP contribution is -1.98. The maximum absolute atomic E-state index is 11.4. The van der Waals surface area contributed by atoms with Crippen molar-refractivity contribution in [1.29, 1.82) is 0 Å². The first-order valence-electron chi connectivity index (χ1n) is 8.12. The van der Waals surface area contributed by atoms with E-state index in [0.717, 1.165) is 16.5 Å². The Balaban J connectivity index is 1.98. The highest BCUT2D eigenvalue weighted by molar-refractivity contribution is 5.96. The van der Waals surface area contributed by atoms with Crippen molar-refractivity contribution in [2.75, 3.05) is 14.2 Å². The maximum atomic E-state index is 11.4. The first kappa shape index (κ1) is 17.5. The molecule has 0 amide bonds. The Bertz CT molecular complexity index is 935. The third kappa shape index (κ3) is 4.00. The van der Waals surface area contributed by atoms with E-state index in [2.05, 4.69) is 9.72 Å². The molecule has 0 fully saturated rings. The van der Waals surface area contributed by atoms with Gasteiger partial charge in [-0.1, -0.05) is 36.4 Å². The second kappa shape index (κ2) is 8.16. The van der Waals surface area contributed by atoms with Gasteiger partial charge >= 0.3 is 5.97 Å². The third-order valence-electron chi connectivity index (χ3n) is 3.87. The molecule has 1 heterocycles. The zero-order valence-electron chi connectivity index (χ0n) is 14.6. The van der Waals surface area contributed by atoms with Crippen molar-refractivity contribution in [2.24, 2.45) is 0 Å². The fourth-order valence-corrected chi connectivity index (χ4v) is 2.53. The molecule has 0 N–H and O–H groups in total. The van der Waals surface area contributed by atoms with Crippen molar-refractivity contribution in [1.82, 2.24) is 4.98 Å². The molecule has 0 spiro atoms. The van der Waals surface area contributed by atoms with Crippen LogP contribution in [0.4, 0.5) is 0 Å². The smallest absolute Gasteiger partial charge is 0.330 e. The average molecular weight is 349 g/mol. The number of nitrogens with zero attached hydrogens (tertiary/aromatic N) is 1. The van der Waals surface area contributed by atoms with Crippen LogP contribution in [0.5, 0.6) is 11.6 Å². The van der Waals surface area contributed by atoms with E-state index in [-0.39, 0.29) is 0 Å². The van der Waals surface area contributed by atoms with Crippen molar-refractivity contribution in [3.63, 3.8) is 0 Å². The molecule has 0 bridgehead atoms. The standard InChI is InChI=1S/C21H19NO4/c1-24-19-12-10-17-16(9-13-20(23)25-2)8-11-18(21(17)22-19)26-14-15-6-4-3-5-7-15/h3-13H,14H2,1-2H3/b13-9+. The van der Waals surface area contributed by atoms with Gasteiger partial charge in [-0.15, -0.1) is 0 Å². The molecule has 0 aliphatic heterocycles. The number of rotatable bonds is 6.